The van der Waals surface area contributed by atoms with E-state index in [4.69, 9.17) is 11.6 Å². The lowest BCUT2D eigenvalue weighted by Crippen LogP contribution is -2.05. The van der Waals surface area contributed by atoms with Gasteiger partial charge in [-0.25, -0.2) is 0 Å². The van der Waals surface area contributed by atoms with E-state index in [-0.39, 0.29) is 0 Å². The quantitative estimate of drug-likeness (QED) is 0.807. The molecule has 0 unspecified atom stereocenters. The largest absolute Gasteiger partial charge is 0.364 e. The topological polar surface area (TPSA) is 68.0 Å². The van der Waals surface area contributed by atoms with Crippen LogP contribution in [-0.2, 0) is 0 Å². The number of hydrogen-bond acceptors (Lipinski definition) is 5. The average molecular weight is 211 g/mol. The summed E-state index contributed by atoms with van der Waals surface area (Å²) in [6.45, 7) is 4.01. The SMILES string of the molecule is C=C(Cl)CNc1ccc2nnnn2n1. The highest BCUT2D eigenvalue weighted by molar-refractivity contribution is 6.29. The van der Waals surface area contributed by atoms with Gasteiger partial charge in [0.2, 0.25) is 0 Å². The Bertz CT molecular complexity index is 464. The van der Waals surface area contributed by atoms with E-state index in [0.29, 0.717) is 23.0 Å². The van der Waals surface area contributed by atoms with Gasteiger partial charge in [-0.3, -0.25) is 0 Å². The summed E-state index contributed by atoms with van der Waals surface area (Å²) in [5.74, 6) is 0.645. The van der Waals surface area contributed by atoms with E-state index in [2.05, 4.69) is 32.5 Å². The molecular formula is C7H7ClN6. The van der Waals surface area contributed by atoms with Gasteiger partial charge in [0, 0.05) is 5.03 Å². The molecule has 0 aliphatic heterocycles. The molecule has 0 saturated heterocycles. The Hall–Kier alpha value is -1.69. The monoisotopic (exact) mass is 210 g/mol. The van der Waals surface area contributed by atoms with E-state index >= 15 is 0 Å². The Morgan fingerprint density at radius 1 is 1.57 bits per heavy atom. The Morgan fingerprint density at radius 3 is 3.21 bits per heavy atom. The summed E-state index contributed by atoms with van der Waals surface area (Å²) >= 11 is 5.59. The highest BCUT2D eigenvalue weighted by atomic mass is 35.5. The number of aromatic nitrogens is 5. The Kier molecular flexibility index (Phi) is 2.28. The van der Waals surface area contributed by atoms with Crippen LogP contribution in [0.5, 0.6) is 0 Å². The molecule has 2 aromatic rings. The van der Waals surface area contributed by atoms with Crippen LogP contribution in [0.2, 0.25) is 0 Å². The molecule has 0 spiro atoms. The number of nitrogens with zero attached hydrogens (tertiary/aromatic N) is 5. The molecule has 6 nitrogen and oxygen atoms in total. The number of nitrogens with one attached hydrogen (secondary N) is 1. The molecule has 0 fully saturated rings. The van der Waals surface area contributed by atoms with Crippen molar-refractivity contribution >= 4 is 23.1 Å². The van der Waals surface area contributed by atoms with Crippen LogP contribution in [0.15, 0.2) is 23.7 Å². The van der Waals surface area contributed by atoms with E-state index in [1.165, 1.54) is 4.63 Å². The lowest BCUT2D eigenvalue weighted by molar-refractivity contribution is 0.735. The predicted octanol–water partition coefficient (Wildman–Crippen LogP) is 0.684. The van der Waals surface area contributed by atoms with Gasteiger partial charge >= 0.3 is 0 Å². The first kappa shape index (κ1) is 8.89. The fourth-order valence-electron chi connectivity index (χ4n) is 0.930. The zero-order valence-electron chi connectivity index (χ0n) is 7.18. The molecule has 0 radical (unpaired) electrons. The third-order valence-corrected chi connectivity index (χ3v) is 1.66. The van der Waals surface area contributed by atoms with Crippen molar-refractivity contribution in [2.75, 3.05) is 11.9 Å². The lowest BCUT2D eigenvalue weighted by atomic mass is 10.5. The second-order valence-electron chi connectivity index (χ2n) is 2.62. The zero-order valence-corrected chi connectivity index (χ0v) is 7.94. The molecule has 0 aliphatic rings. The van der Waals surface area contributed by atoms with Gasteiger partial charge in [0.25, 0.3) is 0 Å². The van der Waals surface area contributed by atoms with Crippen molar-refractivity contribution in [3.8, 4) is 0 Å². The van der Waals surface area contributed by atoms with Gasteiger partial charge in [-0.15, -0.1) is 14.8 Å². The molecule has 0 aliphatic carbocycles. The maximum atomic E-state index is 5.59. The van der Waals surface area contributed by atoms with Crippen molar-refractivity contribution in [2.45, 2.75) is 0 Å². The van der Waals surface area contributed by atoms with E-state index in [9.17, 15) is 0 Å². The minimum atomic E-state index is 0.461. The van der Waals surface area contributed by atoms with Crippen molar-refractivity contribution in [1.82, 2.24) is 25.3 Å². The average Bonchev–Trinajstić information content (AvgIpc) is 2.61. The van der Waals surface area contributed by atoms with Crippen LogP contribution in [-0.4, -0.2) is 31.8 Å². The molecule has 0 atom stereocenters. The Balaban J connectivity index is 2.21. The Morgan fingerprint density at radius 2 is 2.43 bits per heavy atom. The van der Waals surface area contributed by atoms with Gasteiger partial charge in [-0.1, -0.05) is 18.2 Å². The predicted molar refractivity (Wildman–Crippen MR) is 52.1 cm³/mol. The van der Waals surface area contributed by atoms with Crippen molar-refractivity contribution in [2.24, 2.45) is 0 Å². The normalized spacial score (nSPS) is 10.4. The molecule has 72 valence electrons. The summed E-state index contributed by atoms with van der Waals surface area (Å²) < 4.78 is 1.33. The first-order valence-electron chi connectivity index (χ1n) is 3.88. The first-order valence-corrected chi connectivity index (χ1v) is 4.26. The minimum absolute atomic E-state index is 0.461. The summed E-state index contributed by atoms with van der Waals surface area (Å²) in [7, 11) is 0. The van der Waals surface area contributed by atoms with Crippen LogP contribution in [0.4, 0.5) is 5.82 Å². The fraction of sp³-hybridized carbons (Fsp3) is 0.143. The fourth-order valence-corrected chi connectivity index (χ4v) is 0.997. The van der Waals surface area contributed by atoms with Gasteiger partial charge in [-0.05, 0) is 22.6 Å². The Labute approximate surface area is 84.6 Å². The summed E-state index contributed by atoms with van der Waals surface area (Å²) in [6, 6.07) is 3.53. The highest BCUT2D eigenvalue weighted by Crippen LogP contribution is 2.04. The molecular weight excluding hydrogens is 204 g/mol. The maximum absolute atomic E-state index is 5.59. The van der Waals surface area contributed by atoms with Crippen LogP contribution in [0, 0.1) is 0 Å². The van der Waals surface area contributed by atoms with Crippen molar-refractivity contribution in [3.63, 3.8) is 0 Å². The van der Waals surface area contributed by atoms with Gasteiger partial charge in [0.1, 0.15) is 5.82 Å². The third-order valence-electron chi connectivity index (χ3n) is 1.53. The van der Waals surface area contributed by atoms with Crippen LogP contribution >= 0.6 is 11.6 Å². The van der Waals surface area contributed by atoms with Crippen molar-refractivity contribution < 1.29 is 0 Å². The van der Waals surface area contributed by atoms with Crippen molar-refractivity contribution in [3.05, 3.63) is 23.7 Å². The molecule has 2 aromatic heterocycles. The number of tetrazole rings is 1. The molecule has 0 saturated carbocycles. The van der Waals surface area contributed by atoms with E-state index in [1.54, 1.807) is 12.1 Å². The molecule has 2 rings (SSSR count). The number of rotatable bonds is 3. The van der Waals surface area contributed by atoms with Crippen molar-refractivity contribution in [1.29, 1.82) is 0 Å². The van der Waals surface area contributed by atoms with Crippen LogP contribution < -0.4 is 5.32 Å². The number of anilines is 1. The summed E-state index contributed by atoms with van der Waals surface area (Å²) in [5, 5.41) is 18.4. The standard InChI is InChI=1S/C7H7ClN6/c1-5(8)4-9-6-2-3-7-10-12-13-14(7)11-6/h2-3H,1,4H2,(H,9,11). The second-order valence-corrected chi connectivity index (χ2v) is 3.15. The van der Waals surface area contributed by atoms with E-state index in [0.717, 1.165) is 0 Å². The van der Waals surface area contributed by atoms with E-state index < -0.39 is 0 Å². The maximum Gasteiger partial charge on any atom is 0.200 e. The van der Waals surface area contributed by atoms with E-state index in [1.807, 2.05) is 0 Å². The molecule has 14 heavy (non-hydrogen) atoms. The number of halogens is 1. The summed E-state index contributed by atoms with van der Waals surface area (Å²) in [4.78, 5) is 0. The summed E-state index contributed by atoms with van der Waals surface area (Å²) in [5.41, 5.74) is 0.597. The summed E-state index contributed by atoms with van der Waals surface area (Å²) in [6.07, 6.45) is 0. The molecule has 0 amide bonds. The smallest absolute Gasteiger partial charge is 0.200 e. The highest BCUT2D eigenvalue weighted by Gasteiger charge is 1.99. The zero-order chi connectivity index (χ0) is 9.97. The van der Waals surface area contributed by atoms with Crippen LogP contribution in [0.25, 0.3) is 5.65 Å². The van der Waals surface area contributed by atoms with Crippen LogP contribution in [0.1, 0.15) is 0 Å². The third kappa shape index (κ3) is 1.80. The van der Waals surface area contributed by atoms with Gasteiger partial charge in [0.15, 0.2) is 5.65 Å². The van der Waals surface area contributed by atoms with Gasteiger partial charge in [-0.2, -0.15) is 0 Å². The molecule has 7 heteroatoms. The number of hydrogen-bond donors (Lipinski definition) is 1. The minimum Gasteiger partial charge on any atom is -0.364 e. The molecule has 2 heterocycles. The molecule has 0 bridgehead atoms. The lowest BCUT2D eigenvalue weighted by Gasteiger charge is -2.02. The molecule has 0 aromatic carbocycles. The van der Waals surface area contributed by atoms with Crippen LogP contribution in [0.3, 0.4) is 0 Å². The molecule has 1 N–H and O–H groups in total. The number of fused-ring (bicyclic) bond motifs is 1. The first-order chi connectivity index (χ1) is 6.75. The second kappa shape index (κ2) is 3.59. The van der Waals surface area contributed by atoms with Gasteiger partial charge < -0.3 is 5.32 Å². The van der Waals surface area contributed by atoms with Gasteiger partial charge in [0.05, 0.1) is 6.54 Å².